The molecule has 0 radical (unpaired) electrons. The summed E-state index contributed by atoms with van der Waals surface area (Å²) < 4.78 is 42.5. The van der Waals surface area contributed by atoms with Crippen molar-refractivity contribution in [2.45, 2.75) is 6.92 Å². The van der Waals surface area contributed by atoms with E-state index in [1.54, 1.807) is 11.6 Å². The lowest BCUT2D eigenvalue weighted by Crippen LogP contribution is -2.36. The molecule has 1 amide bonds. The van der Waals surface area contributed by atoms with Gasteiger partial charge >= 0.3 is 16.3 Å². The van der Waals surface area contributed by atoms with E-state index in [1.807, 2.05) is 0 Å². The van der Waals surface area contributed by atoms with Gasteiger partial charge in [0.15, 0.2) is 11.5 Å². The number of benzene rings is 1. The molecule has 1 aliphatic rings. The second kappa shape index (κ2) is 5.95. The molecular weight excluding hydrogens is 302 g/mol. The van der Waals surface area contributed by atoms with Gasteiger partial charge in [0.1, 0.15) is 13.2 Å². The predicted octanol–water partition coefficient (Wildman–Crippen LogP) is 0.443. The molecule has 0 saturated carbocycles. The Hall–Kier alpha value is -2.36. The van der Waals surface area contributed by atoms with Crippen LogP contribution in [0.15, 0.2) is 12.1 Å². The van der Waals surface area contributed by atoms with Crippen LogP contribution in [0.4, 0.5) is 16.2 Å². The van der Waals surface area contributed by atoms with Crippen molar-refractivity contribution in [1.82, 2.24) is 4.72 Å². The molecular formula is C11H15N3O6S. The maximum Gasteiger partial charge on any atom is 0.422 e. The molecule has 0 fully saturated rings. The summed E-state index contributed by atoms with van der Waals surface area (Å²) in [6.07, 6.45) is -1.08. The summed E-state index contributed by atoms with van der Waals surface area (Å²) in [4.78, 5) is 11.1. The molecule has 1 aromatic carbocycles. The molecule has 0 saturated heterocycles. The number of amides is 1. The number of nitrogen functional groups attached to an aromatic ring is 1. The highest BCUT2D eigenvalue weighted by molar-refractivity contribution is 7.91. The Balaban J connectivity index is 2.17. The molecule has 0 spiro atoms. The summed E-state index contributed by atoms with van der Waals surface area (Å²) in [7, 11) is -4.16. The van der Waals surface area contributed by atoms with Gasteiger partial charge in [-0.15, -0.1) is 0 Å². The minimum Gasteiger partial charge on any atom is -0.486 e. The van der Waals surface area contributed by atoms with E-state index in [1.165, 1.54) is 12.1 Å². The van der Waals surface area contributed by atoms with E-state index >= 15 is 0 Å². The molecule has 0 bridgehead atoms. The highest BCUT2D eigenvalue weighted by Crippen LogP contribution is 2.37. The lowest BCUT2D eigenvalue weighted by Gasteiger charge is -2.20. The molecule has 116 valence electrons. The van der Waals surface area contributed by atoms with E-state index in [-0.39, 0.29) is 18.0 Å². The fourth-order valence-electron chi connectivity index (χ4n) is 1.63. The SMILES string of the molecule is CCOC(=O)NS(=O)(=O)Nc1cc2c(cc1N)OCCO2. The van der Waals surface area contributed by atoms with Crippen molar-refractivity contribution in [2.24, 2.45) is 0 Å². The summed E-state index contributed by atoms with van der Waals surface area (Å²) in [6.45, 7) is 2.35. The monoisotopic (exact) mass is 317 g/mol. The van der Waals surface area contributed by atoms with Gasteiger partial charge in [0.2, 0.25) is 0 Å². The third kappa shape index (κ3) is 3.81. The summed E-state index contributed by atoms with van der Waals surface area (Å²) in [5.41, 5.74) is 5.93. The zero-order chi connectivity index (χ0) is 15.5. The van der Waals surface area contributed by atoms with Crippen molar-refractivity contribution in [3.63, 3.8) is 0 Å². The van der Waals surface area contributed by atoms with Gasteiger partial charge < -0.3 is 19.9 Å². The van der Waals surface area contributed by atoms with Crippen molar-refractivity contribution in [3.05, 3.63) is 12.1 Å². The fraction of sp³-hybridized carbons (Fsp3) is 0.364. The minimum absolute atomic E-state index is 0.0491. The van der Waals surface area contributed by atoms with Gasteiger partial charge in [0.25, 0.3) is 0 Å². The Bertz CT molecular complexity index is 646. The molecule has 9 nitrogen and oxygen atoms in total. The highest BCUT2D eigenvalue weighted by atomic mass is 32.2. The molecule has 0 atom stereocenters. The van der Waals surface area contributed by atoms with Crippen LogP contribution in [-0.4, -0.2) is 34.3 Å². The van der Waals surface area contributed by atoms with Crippen LogP contribution in [0.2, 0.25) is 0 Å². The van der Waals surface area contributed by atoms with Crippen LogP contribution >= 0.6 is 0 Å². The zero-order valence-electron chi connectivity index (χ0n) is 11.2. The van der Waals surface area contributed by atoms with Crippen LogP contribution in [0.25, 0.3) is 0 Å². The number of rotatable bonds is 4. The Morgan fingerprint density at radius 3 is 2.57 bits per heavy atom. The first-order valence-corrected chi connectivity index (χ1v) is 7.56. The van der Waals surface area contributed by atoms with Crippen LogP contribution < -0.4 is 24.7 Å². The second-order valence-corrected chi connectivity index (χ2v) is 5.43. The average molecular weight is 317 g/mol. The number of hydrogen-bond acceptors (Lipinski definition) is 7. The van der Waals surface area contributed by atoms with Crippen molar-refractivity contribution in [3.8, 4) is 11.5 Å². The number of nitrogens with two attached hydrogens (primary N) is 1. The number of nitrogens with one attached hydrogen (secondary N) is 2. The van der Waals surface area contributed by atoms with E-state index < -0.39 is 16.3 Å². The summed E-state index contributed by atoms with van der Waals surface area (Å²) in [5.74, 6) is 0.796. The smallest absolute Gasteiger partial charge is 0.422 e. The van der Waals surface area contributed by atoms with Crippen molar-refractivity contribution >= 4 is 27.7 Å². The largest absolute Gasteiger partial charge is 0.486 e. The maximum atomic E-state index is 11.8. The molecule has 10 heteroatoms. The number of anilines is 2. The molecule has 1 heterocycles. The molecule has 0 aromatic heterocycles. The first-order chi connectivity index (χ1) is 9.91. The number of ether oxygens (including phenoxy) is 3. The second-order valence-electron chi connectivity index (χ2n) is 4.01. The third-order valence-corrected chi connectivity index (χ3v) is 3.38. The van der Waals surface area contributed by atoms with Crippen molar-refractivity contribution in [2.75, 3.05) is 30.3 Å². The van der Waals surface area contributed by atoms with E-state index in [0.717, 1.165) is 0 Å². The van der Waals surface area contributed by atoms with E-state index in [2.05, 4.69) is 9.46 Å². The van der Waals surface area contributed by atoms with Gasteiger partial charge in [-0.05, 0) is 6.92 Å². The van der Waals surface area contributed by atoms with Crippen LogP contribution in [0, 0.1) is 0 Å². The lowest BCUT2D eigenvalue weighted by atomic mass is 10.2. The standard InChI is InChI=1S/C11H15N3O6S/c1-2-18-11(15)14-21(16,17)13-8-6-10-9(5-7(8)12)19-3-4-20-10/h5-6,13H,2-4,12H2,1H3,(H,14,15). The molecule has 1 aromatic rings. The molecule has 21 heavy (non-hydrogen) atoms. The van der Waals surface area contributed by atoms with Crippen LogP contribution in [0.3, 0.4) is 0 Å². The van der Waals surface area contributed by atoms with Gasteiger partial charge in [-0.2, -0.15) is 8.42 Å². The number of carbonyl (C=O) groups excluding carboxylic acids is 1. The summed E-state index contributed by atoms with van der Waals surface area (Å²) in [5, 5.41) is 0. The first kappa shape index (κ1) is 15.0. The average Bonchev–Trinajstić information content (AvgIpc) is 2.38. The number of hydrogen-bond donors (Lipinski definition) is 3. The lowest BCUT2D eigenvalue weighted by molar-refractivity contribution is 0.159. The quantitative estimate of drug-likeness (QED) is 0.687. The van der Waals surface area contributed by atoms with Crippen LogP contribution in [0.5, 0.6) is 11.5 Å². The Morgan fingerprint density at radius 2 is 1.95 bits per heavy atom. The Labute approximate surface area is 121 Å². The number of carbonyl (C=O) groups is 1. The molecule has 4 N–H and O–H groups in total. The molecule has 0 aliphatic carbocycles. The van der Waals surface area contributed by atoms with Gasteiger partial charge in [0.05, 0.1) is 18.0 Å². The Kier molecular flexibility index (Phi) is 4.26. The molecule has 0 unspecified atom stereocenters. The normalized spacial score (nSPS) is 13.4. The fourth-order valence-corrected chi connectivity index (χ4v) is 2.43. The van der Waals surface area contributed by atoms with Gasteiger partial charge in [-0.1, -0.05) is 0 Å². The van der Waals surface area contributed by atoms with E-state index in [9.17, 15) is 13.2 Å². The topological polar surface area (TPSA) is 129 Å². The van der Waals surface area contributed by atoms with Crippen LogP contribution in [0.1, 0.15) is 6.92 Å². The van der Waals surface area contributed by atoms with Crippen LogP contribution in [-0.2, 0) is 14.9 Å². The minimum atomic E-state index is -4.16. The van der Waals surface area contributed by atoms with E-state index in [4.69, 9.17) is 15.2 Å². The third-order valence-electron chi connectivity index (χ3n) is 2.45. The van der Waals surface area contributed by atoms with Gasteiger partial charge in [0, 0.05) is 12.1 Å². The van der Waals surface area contributed by atoms with E-state index in [0.29, 0.717) is 24.7 Å². The summed E-state index contributed by atoms with van der Waals surface area (Å²) >= 11 is 0. The Morgan fingerprint density at radius 1 is 1.33 bits per heavy atom. The summed E-state index contributed by atoms with van der Waals surface area (Å²) in [6, 6.07) is 2.82. The number of fused-ring (bicyclic) bond motifs is 1. The molecule has 2 rings (SSSR count). The van der Waals surface area contributed by atoms with Crippen molar-refractivity contribution in [1.29, 1.82) is 0 Å². The predicted molar refractivity (Wildman–Crippen MR) is 74.5 cm³/mol. The zero-order valence-corrected chi connectivity index (χ0v) is 12.0. The highest BCUT2D eigenvalue weighted by Gasteiger charge is 2.20. The maximum absolute atomic E-state index is 11.8. The first-order valence-electron chi connectivity index (χ1n) is 6.07. The van der Waals surface area contributed by atoms with Gasteiger partial charge in [-0.3, -0.25) is 4.72 Å². The van der Waals surface area contributed by atoms with Crippen molar-refractivity contribution < 1.29 is 27.4 Å². The molecule has 1 aliphatic heterocycles. The van der Waals surface area contributed by atoms with Gasteiger partial charge in [-0.25, -0.2) is 9.52 Å².